The van der Waals surface area contributed by atoms with Gasteiger partial charge in [0, 0.05) is 12.8 Å². The van der Waals surface area contributed by atoms with Crippen LogP contribution in [0.5, 0.6) is 0 Å². The highest BCUT2D eigenvalue weighted by atomic mass is 16.5. The van der Waals surface area contributed by atoms with Crippen LogP contribution in [0.25, 0.3) is 11.1 Å². The van der Waals surface area contributed by atoms with Crippen molar-refractivity contribution < 1.29 is 9.47 Å². The second kappa shape index (κ2) is 6.20. The molecule has 122 valence electrons. The summed E-state index contributed by atoms with van der Waals surface area (Å²) in [6, 6.07) is 17.3. The third kappa shape index (κ3) is 2.43. The van der Waals surface area contributed by atoms with E-state index in [1.54, 1.807) is 14.2 Å². The molecule has 2 heteroatoms. The van der Waals surface area contributed by atoms with Gasteiger partial charge in [0.05, 0.1) is 14.2 Å². The Hall–Kier alpha value is -2.48. The zero-order chi connectivity index (χ0) is 16.5. The van der Waals surface area contributed by atoms with Gasteiger partial charge in [-0.1, -0.05) is 48.5 Å². The minimum atomic E-state index is 0.911. The van der Waals surface area contributed by atoms with Crippen LogP contribution in [0.2, 0.25) is 0 Å². The molecule has 0 N–H and O–H groups in total. The smallest absolute Gasteiger partial charge is 0.104 e. The molecule has 2 nitrogen and oxygen atoms in total. The molecule has 0 amide bonds. The average Bonchev–Trinajstić information content (AvgIpc) is 3.17. The summed E-state index contributed by atoms with van der Waals surface area (Å²) >= 11 is 0. The Morgan fingerprint density at radius 1 is 0.667 bits per heavy atom. The number of ether oxygens (including phenoxy) is 2. The molecular weight excluding hydrogens is 296 g/mol. The molecule has 0 unspecified atom stereocenters. The van der Waals surface area contributed by atoms with E-state index in [-0.39, 0.29) is 0 Å². The molecule has 0 aliphatic heterocycles. The summed E-state index contributed by atoms with van der Waals surface area (Å²) in [4.78, 5) is 0. The monoisotopic (exact) mass is 318 g/mol. The predicted octanol–water partition coefficient (Wildman–Crippen LogP) is 4.99. The van der Waals surface area contributed by atoms with Crippen molar-refractivity contribution in [2.45, 2.75) is 25.7 Å². The second-order valence-electron chi connectivity index (χ2n) is 6.38. The van der Waals surface area contributed by atoms with Gasteiger partial charge in [-0.25, -0.2) is 0 Å². The van der Waals surface area contributed by atoms with E-state index in [0.717, 1.165) is 37.2 Å². The molecule has 2 aromatic rings. The molecule has 0 heterocycles. The third-order valence-electron chi connectivity index (χ3n) is 5.18. The molecule has 0 atom stereocenters. The first kappa shape index (κ1) is 15.1. The van der Waals surface area contributed by atoms with Crippen molar-refractivity contribution in [3.63, 3.8) is 0 Å². The maximum atomic E-state index is 5.68. The van der Waals surface area contributed by atoms with Crippen molar-refractivity contribution in [2.24, 2.45) is 0 Å². The molecule has 0 spiro atoms. The lowest BCUT2D eigenvalue weighted by atomic mass is 9.96. The lowest BCUT2D eigenvalue weighted by Crippen LogP contribution is -1.92. The maximum absolute atomic E-state index is 5.68. The molecule has 4 rings (SSSR count). The minimum Gasteiger partial charge on any atom is -0.500 e. The first-order chi connectivity index (χ1) is 11.8. The van der Waals surface area contributed by atoms with Gasteiger partial charge in [0.25, 0.3) is 0 Å². The van der Waals surface area contributed by atoms with Crippen molar-refractivity contribution in [3.05, 3.63) is 82.3 Å². The van der Waals surface area contributed by atoms with Crippen molar-refractivity contribution in [3.8, 4) is 0 Å². The standard InChI is InChI=1S/C22H22O2/c1-23-21-13-15-7-3-5-9-17(15)19(21)11-12-20-18-10-6-4-8-16(18)14-22(20)24-2/h3-10H,11-14H2,1-2H3. The molecule has 0 saturated carbocycles. The van der Waals surface area contributed by atoms with Crippen molar-refractivity contribution in [2.75, 3.05) is 14.2 Å². The van der Waals surface area contributed by atoms with E-state index in [1.807, 2.05) is 0 Å². The summed E-state index contributed by atoms with van der Waals surface area (Å²) in [5.41, 5.74) is 8.13. The van der Waals surface area contributed by atoms with Gasteiger partial charge < -0.3 is 9.47 Å². The molecule has 2 aromatic carbocycles. The summed E-state index contributed by atoms with van der Waals surface area (Å²) in [5, 5.41) is 0. The fourth-order valence-corrected chi connectivity index (χ4v) is 3.99. The van der Waals surface area contributed by atoms with Gasteiger partial charge in [-0.05, 0) is 46.2 Å². The van der Waals surface area contributed by atoms with Crippen LogP contribution in [0.3, 0.4) is 0 Å². The number of allylic oxidation sites excluding steroid dienone is 4. The Labute approximate surface area is 143 Å². The first-order valence-corrected chi connectivity index (χ1v) is 8.50. The average molecular weight is 318 g/mol. The third-order valence-corrected chi connectivity index (χ3v) is 5.18. The Morgan fingerprint density at radius 2 is 1.08 bits per heavy atom. The number of hydrogen-bond acceptors (Lipinski definition) is 2. The van der Waals surface area contributed by atoms with Crippen LogP contribution in [-0.2, 0) is 22.3 Å². The van der Waals surface area contributed by atoms with Crippen LogP contribution >= 0.6 is 0 Å². The zero-order valence-electron chi connectivity index (χ0n) is 14.3. The van der Waals surface area contributed by atoms with Gasteiger partial charge in [0.15, 0.2) is 0 Å². The van der Waals surface area contributed by atoms with E-state index in [1.165, 1.54) is 33.4 Å². The van der Waals surface area contributed by atoms with E-state index < -0.39 is 0 Å². The summed E-state index contributed by atoms with van der Waals surface area (Å²) in [6.45, 7) is 0. The van der Waals surface area contributed by atoms with Crippen LogP contribution < -0.4 is 0 Å². The fourth-order valence-electron chi connectivity index (χ4n) is 3.99. The lowest BCUT2D eigenvalue weighted by molar-refractivity contribution is 0.286. The summed E-state index contributed by atoms with van der Waals surface area (Å²) in [7, 11) is 3.57. The number of fused-ring (bicyclic) bond motifs is 2. The van der Waals surface area contributed by atoms with Gasteiger partial charge in [0.1, 0.15) is 11.5 Å². The van der Waals surface area contributed by atoms with Crippen LogP contribution in [0.1, 0.15) is 35.1 Å². The van der Waals surface area contributed by atoms with Crippen LogP contribution in [0.4, 0.5) is 0 Å². The molecule has 0 fully saturated rings. The predicted molar refractivity (Wildman–Crippen MR) is 97.4 cm³/mol. The van der Waals surface area contributed by atoms with Crippen molar-refractivity contribution >= 4 is 11.1 Å². The molecule has 0 saturated heterocycles. The zero-order valence-corrected chi connectivity index (χ0v) is 14.3. The molecule has 0 aromatic heterocycles. The highest BCUT2D eigenvalue weighted by molar-refractivity contribution is 5.79. The number of rotatable bonds is 5. The number of benzene rings is 2. The van der Waals surface area contributed by atoms with E-state index >= 15 is 0 Å². The summed E-state index contributed by atoms with van der Waals surface area (Å²) < 4.78 is 11.4. The van der Waals surface area contributed by atoms with Crippen molar-refractivity contribution in [1.82, 2.24) is 0 Å². The maximum Gasteiger partial charge on any atom is 0.104 e. The van der Waals surface area contributed by atoms with E-state index in [0.29, 0.717) is 0 Å². The normalized spacial score (nSPS) is 15.6. The largest absolute Gasteiger partial charge is 0.500 e. The molecule has 24 heavy (non-hydrogen) atoms. The minimum absolute atomic E-state index is 0.911. The van der Waals surface area contributed by atoms with Gasteiger partial charge in [-0.3, -0.25) is 0 Å². The van der Waals surface area contributed by atoms with E-state index in [9.17, 15) is 0 Å². The van der Waals surface area contributed by atoms with E-state index in [2.05, 4.69) is 48.5 Å². The highest BCUT2D eigenvalue weighted by Crippen LogP contribution is 2.41. The van der Waals surface area contributed by atoms with E-state index in [4.69, 9.17) is 9.47 Å². The highest BCUT2D eigenvalue weighted by Gasteiger charge is 2.25. The Morgan fingerprint density at radius 3 is 1.50 bits per heavy atom. The fraction of sp³-hybridized carbons (Fsp3) is 0.273. The molecule has 0 radical (unpaired) electrons. The van der Waals surface area contributed by atoms with Crippen LogP contribution in [0.15, 0.2) is 60.0 Å². The van der Waals surface area contributed by atoms with Gasteiger partial charge in [-0.15, -0.1) is 0 Å². The molecular formula is C22H22O2. The number of methoxy groups -OCH3 is 2. The van der Waals surface area contributed by atoms with Crippen LogP contribution in [0, 0.1) is 0 Å². The summed E-state index contributed by atoms with van der Waals surface area (Å²) in [6.07, 6.45) is 3.79. The Kier molecular flexibility index (Phi) is 3.89. The molecule has 2 aliphatic carbocycles. The van der Waals surface area contributed by atoms with Crippen LogP contribution in [-0.4, -0.2) is 14.2 Å². The SMILES string of the molecule is COC1=C(CCC2=C(OC)Cc3ccccc32)c2ccccc2C1. The first-order valence-electron chi connectivity index (χ1n) is 8.50. The Bertz CT molecular complexity index is 771. The lowest BCUT2D eigenvalue weighted by Gasteiger charge is -2.11. The quantitative estimate of drug-likeness (QED) is 0.773. The van der Waals surface area contributed by atoms with Gasteiger partial charge >= 0.3 is 0 Å². The Balaban J connectivity index is 1.63. The number of hydrogen-bond donors (Lipinski definition) is 0. The molecule has 0 bridgehead atoms. The topological polar surface area (TPSA) is 18.5 Å². The molecule has 2 aliphatic rings. The van der Waals surface area contributed by atoms with Crippen molar-refractivity contribution in [1.29, 1.82) is 0 Å². The summed E-state index contributed by atoms with van der Waals surface area (Å²) in [5.74, 6) is 2.23. The second-order valence-corrected chi connectivity index (χ2v) is 6.38. The van der Waals surface area contributed by atoms with Gasteiger partial charge in [0.2, 0.25) is 0 Å². The van der Waals surface area contributed by atoms with Gasteiger partial charge in [-0.2, -0.15) is 0 Å².